The minimum Gasteiger partial charge on any atom is -0.364 e. The predicted molar refractivity (Wildman–Crippen MR) is 123 cm³/mol. The molecule has 3 aliphatic rings. The summed E-state index contributed by atoms with van der Waals surface area (Å²) in [6, 6.07) is 8.97. The van der Waals surface area contributed by atoms with Crippen LogP contribution in [0.2, 0.25) is 0 Å². The third-order valence-electron chi connectivity index (χ3n) is 6.43. The van der Waals surface area contributed by atoms with Crippen molar-refractivity contribution >= 4 is 17.6 Å². The van der Waals surface area contributed by atoms with E-state index in [1.165, 1.54) is 24.1 Å². The van der Waals surface area contributed by atoms with Gasteiger partial charge in [-0.15, -0.1) is 0 Å². The Labute approximate surface area is 180 Å². The molecular formula is C24H35N5O. The number of benzene rings is 1. The first kappa shape index (κ1) is 20.8. The third kappa shape index (κ3) is 5.15. The summed E-state index contributed by atoms with van der Waals surface area (Å²) >= 11 is 0. The van der Waals surface area contributed by atoms with E-state index < -0.39 is 0 Å². The maximum absolute atomic E-state index is 12.7. The molecule has 0 bridgehead atoms. The summed E-state index contributed by atoms with van der Waals surface area (Å²) < 4.78 is 0. The zero-order chi connectivity index (χ0) is 20.8. The van der Waals surface area contributed by atoms with Crippen LogP contribution in [0.1, 0.15) is 44.6 Å². The molecule has 2 fully saturated rings. The number of hydrogen-bond donors (Lipinski definition) is 2. The summed E-state index contributed by atoms with van der Waals surface area (Å²) in [6.45, 7) is 7.19. The number of nitrogens with zero attached hydrogens (tertiary/aromatic N) is 3. The molecule has 1 amide bonds. The Hall–Kier alpha value is -2.50. The molecule has 6 nitrogen and oxygen atoms in total. The number of aliphatic imine (C=N–C) groups is 1. The first-order valence-corrected chi connectivity index (χ1v) is 11.6. The van der Waals surface area contributed by atoms with E-state index in [9.17, 15) is 4.79 Å². The van der Waals surface area contributed by atoms with Crippen LogP contribution in [-0.4, -0.2) is 55.5 Å². The summed E-state index contributed by atoms with van der Waals surface area (Å²) in [5.41, 5.74) is 2.46. The zero-order valence-corrected chi connectivity index (χ0v) is 18.1. The molecule has 0 radical (unpaired) electrons. The molecule has 6 heteroatoms. The highest BCUT2D eigenvalue weighted by atomic mass is 16.2. The highest BCUT2D eigenvalue weighted by molar-refractivity contribution is 5.81. The summed E-state index contributed by atoms with van der Waals surface area (Å²) in [5.74, 6) is 1.47. The standard InChI is InChI=1S/C24H35N5O/c1-2-25-24(26-17-19-9-11-22(12-10-19)28-14-5-6-15-28)27-21-13-16-29(18-21)23(30)20-7-3-4-8-20/h5-6,9-12,20-21H,2-4,7-8,13-18H2,1H3,(H2,25,26,27). The normalized spacial score (nSPS) is 22.2. The molecule has 1 aromatic rings. The molecule has 1 saturated carbocycles. The summed E-state index contributed by atoms with van der Waals surface area (Å²) in [5, 5.41) is 6.90. The van der Waals surface area contributed by atoms with Crippen LogP contribution < -0.4 is 15.5 Å². The number of anilines is 1. The largest absolute Gasteiger partial charge is 0.364 e. The van der Waals surface area contributed by atoms with Gasteiger partial charge in [0.15, 0.2) is 5.96 Å². The van der Waals surface area contributed by atoms with Crippen LogP contribution in [0.5, 0.6) is 0 Å². The average Bonchev–Trinajstić information content (AvgIpc) is 3.55. The van der Waals surface area contributed by atoms with Crippen molar-refractivity contribution in [3.63, 3.8) is 0 Å². The highest BCUT2D eigenvalue weighted by Gasteiger charge is 2.32. The number of nitrogens with one attached hydrogen (secondary N) is 2. The van der Waals surface area contributed by atoms with Crippen molar-refractivity contribution in [1.29, 1.82) is 0 Å². The van der Waals surface area contributed by atoms with Gasteiger partial charge in [-0.3, -0.25) is 4.79 Å². The number of rotatable bonds is 6. The van der Waals surface area contributed by atoms with Gasteiger partial charge in [-0.25, -0.2) is 4.99 Å². The van der Waals surface area contributed by atoms with Crippen molar-refractivity contribution in [3.8, 4) is 0 Å². The number of amides is 1. The van der Waals surface area contributed by atoms with Crippen LogP contribution in [-0.2, 0) is 11.3 Å². The fourth-order valence-corrected chi connectivity index (χ4v) is 4.69. The van der Waals surface area contributed by atoms with Crippen molar-refractivity contribution < 1.29 is 4.79 Å². The lowest BCUT2D eigenvalue weighted by Gasteiger charge is -2.21. The Balaban J connectivity index is 1.30. The lowest BCUT2D eigenvalue weighted by molar-refractivity contribution is -0.134. The van der Waals surface area contributed by atoms with Crippen LogP contribution in [0.3, 0.4) is 0 Å². The number of guanidine groups is 1. The number of carbonyl (C=O) groups excluding carboxylic acids is 1. The molecule has 1 saturated heterocycles. The molecule has 1 aliphatic carbocycles. The Morgan fingerprint density at radius 3 is 2.53 bits per heavy atom. The lowest BCUT2D eigenvalue weighted by Crippen LogP contribution is -2.45. The minimum absolute atomic E-state index is 0.268. The second-order valence-corrected chi connectivity index (χ2v) is 8.63. The van der Waals surface area contributed by atoms with Crippen LogP contribution >= 0.6 is 0 Å². The lowest BCUT2D eigenvalue weighted by atomic mass is 10.1. The van der Waals surface area contributed by atoms with Gasteiger partial charge in [0.05, 0.1) is 6.54 Å². The number of likely N-dealkylation sites (tertiary alicyclic amines) is 1. The van der Waals surface area contributed by atoms with Crippen molar-refractivity contribution in [2.24, 2.45) is 10.9 Å². The van der Waals surface area contributed by atoms with E-state index in [1.807, 2.05) is 0 Å². The van der Waals surface area contributed by atoms with Gasteiger partial charge in [-0.1, -0.05) is 37.1 Å². The van der Waals surface area contributed by atoms with Gasteiger partial charge in [0, 0.05) is 50.4 Å². The van der Waals surface area contributed by atoms with E-state index >= 15 is 0 Å². The van der Waals surface area contributed by atoms with E-state index in [2.05, 4.69) is 63.8 Å². The molecule has 162 valence electrons. The summed E-state index contributed by atoms with van der Waals surface area (Å²) in [7, 11) is 0. The van der Waals surface area contributed by atoms with Gasteiger partial charge in [0.1, 0.15) is 0 Å². The van der Waals surface area contributed by atoms with Crippen molar-refractivity contribution in [1.82, 2.24) is 15.5 Å². The van der Waals surface area contributed by atoms with E-state index in [1.54, 1.807) is 0 Å². The van der Waals surface area contributed by atoms with E-state index in [4.69, 9.17) is 4.99 Å². The Morgan fingerprint density at radius 1 is 1.10 bits per heavy atom. The van der Waals surface area contributed by atoms with Crippen molar-refractivity contribution in [3.05, 3.63) is 42.0 Å². The topological polar surface area (TPSA) is 60.0 Å². The zero-order valence-electron chi connectivity index (χ0n) is 18.1. The highest BCUT2D eigenvalue weighted by Crippen LogP contribution is 2.27. The monoisotopic (exact) mass is 409 g/mol. The molecule has 1 unspecified atom stereocenters. The van der Waals surface area contributed by atoms with Crippen molar-refractivity contribution in [2.45, 2.75) is 51.6 Å². The third-order valence-corrected chi connectivity index (χ3v) is 6.43. The molecule has 4 rings (SSSR count). The molecule has 2 aliphatic heterocycles. The molecular weight excluding hydrogens is 374 g/mol. The van der Waals surface area contributed by atoms with Crippen LogP contribution in [0.4, 0.5) is 5.69 Å². The Morgan fingerprint density at radius 2 is 1.83 bits per heavy atom. The molecule has 30 heavy (non-hydrogen) atoms. The summed E-state index contributed by atoms with van der Waals surface area (Å²) in [4.78, 5) is 21.9. The van der Waals surface area contributed by atoms with E-state index in [0.29, 0.717) is 12.5 Å². The maximum atomic E-state index is 12.7. The minimum atomic E-state index is 0.268. The second kappa shape index (κ2) is 10.0. The first-order chi connectivity index (χ1) is 14.7. The fraction of sp³-hybridized carbons (Fsp3) is 0.583. The average molecular weight is 410 g/mol. The SMILES string of the molecule is CCNC(=NCc1ccc(N2CC=CC2)cc1)NC1CCN(C(=O)C2CCCC2)C1. The molecule has 2 heterocycles. The van der Waals surface area contributed by atoms with Gasteiger partial charge < -0.3 is 20.4 Å². The van der Waals surface area contributed by atoms with Gasteiger partial charge >= 0.3 is 0 Å². The summed E-state index contributed by atoms with van der Waals surface area (Å²) in [6.07, 6.45) is 9.96. The molecule has 0 spiro atoms. The van der Waals surface area contributed by atoms with Crippen LogP contribution in [0.25, 0.3) is 0 Å². The maximum Gasteiger partial charge on any atom is 0.225 e. The molecule has 0 aromatic heterocycles. The predicted octanol–water partition coefficient (Wildman–Crippen LogP) is 2.91. The Kier molecular flexibility index (Phi) is 6.92. The number of hydrogen-bond acceptors (Lipinski definition) is 3. The van der Waals surface area contributed by atoms with Crippen LogP contribution in [0.15, 0.2) is 41.4 Å². The second-order valence-electron chi connectivity index (χ2n) is 8.63. The van der Waals surface area contributed by atoms with E-state index in [0.717, 1.165) is 57.9 Å². The van der Waals surface area contributed by atoms with Gasteiger partial charge in [-0.2, -0.15) is 0 Å². The van der Waals surface area contributed by atoms with Gasteiger partial charge in [-0.05, 0) is 43.9 Å². The number of carbonyl (C=O) groups is 1. The van der Waals surface area contributed by atoms with Crippen LogP contribution in [0, 0.1) is 5.92 Å². The van der Waals surface area contributed by atoms with Crippen molar-refractivity contribution in [2.75, 3.05) is 37.6 Å². The van der Waals surface area contributed by atoms with Gasteiger partial charge in [0.25, 0.3) is 0 Å². The molecule has 1 atom stereocenters. The van der Waals surface area contributed by atoms with E-state index in [-0.39, 0.29) is 12.0 Å². The first-order valence-electron chi connectivity index (χ1n) is 11.6. The van der Waals surface area contributed by atoms with Gasteiger partial charge in [0.2, 0.25) is 5.91 Å². The smallest absolute Gasteiger partial charge is 0.225 e. The quantitative estimate of drug-likeness (QED) is 0.431. The fourth-order valence-electron chi connectivity index (χ4n) is 4.69. The molecule has 1 aromatic carbocycles. The Bertz CT molecular complexity index is 758. The molecule has 2 N–H and O–H groups in total.